The second-order valence-corrected chi connectivity index (χ2v) is 9.45. The number of methoxy groups -OCH3 is 1. The van der Waals surface area contributed by atoms with E-state index < -0.39 is 10.0 Å². The Morgan fingerprint density at radius 1 is 1.24 bits per heavy atom. The Balaban J connectivity index is 1.92. The first kappa shape index (κ1) is 18.2. The second kappa shape index (κ2) is 6.95. The van der Waals surface area contributed by atoms with E-state index in [2.05, 4.69) is 9.71 Å². The smallest absolute Gasteiger partial charge is 0.263 e. The van der Waals surface area contributed by atoms with Gasteiger partial charge < -0.3 is 4.74 Å². The van der Waals surface area contributed by atoms with Gasteiger partial charge >= 0.3 is 0 Å². The number of aryl methyl sites for hydroxylation is 2. The number of thiazole rings is 1. The number of sulfonamides is 1. The van der Waals surface area contributed by atoms with Crippen molar-refractivity contribution in [3.63, 3.8) is 0 Å². The maximum atomic E-state index is 12.7. The molecular formula is C16H15ClN2O3S3. The van der Waals surface area contributed by atoms with E-state index in [0.29, 0.717) is 21.3 Å². The quantitative estimate of drug-likeness (QED) is 0.641. The SMILES string of the molecule is COc1ccc(NS(=O)(=O)c2cc(-c3nc(C)cs3)sc2C)cc1Cl. The zero-order chi connectivity index (χ0) is 18.2. The van der Waals surface area contributed by atoms with Gasteiger partial charge in [0.1, 0.15) is 15.7 Å². The van der Waals surface area contributed by atoms with Crippen LogP contribution in [0.25, 0.3) is 9.88 Å². The largest absolute Gasteiger partial charge is 0.495 e. The average molecular weight is 415 g/mol. The lowest BCUT2D eigenvalue weighted by Crippen LogP contribution is -2.13. The molecule has 5 nitrogen and oxygen atoms in total. The molecule has 0 aliphatic heterocycles. The summed E-state index contributed by atoms with van der Waals surface area (Å²) in [6.45, 7) is 3.69. The number of halogens is 1. The molecule has 0 spiro atoms. The molecule has 132 valence electrons. The first-order valence-electron chi connectivity index (χ1n) is 7.19. The molecule has 0 bridgehead atoms. The highest BCUT2D eigenvalue weighted by atomic mass is 35.5. The van der Waals surface area contributed by atoms with Crippen LogP contribution in [0.4, 0.5) is 5.69 Å². The Morgan fingerprint density at radius 2 is 2.00 bits per heavy atom. The molecule has 0 saturated heterocycles. The molecule has 3 aromatic rings. The molecule has 2 heterocycles. The van der Waals surface area contributed by atoms with E-state index in [0.717, 1.165) is 15.6 Å². The van der Waals surface area contributed by atoms with Gasteiger partial charge in [-0.2, -0.15) is 0 Å². The zero-order valence-corrected chi connectivity index (χ0v) is 16.9. The molecule has 0 unspecified atom stereocenters. The molecule has 0 radical (unpaired) electrons. The van der Waals surface area contributed by atoms with E-state index in [9.17, 15) is 8.42 Å². The van der Waals surface area contributed by atoms with Gasteiger partial charge in [0.15, 0.2) is 0 Å². The molecule has 2 aromatic heterocycles. The van der Waals surface area contributed by atoms with Crippen molar-refractivity contribution >= 4 is 50.0 Å². The minimum atomic E-state index is -3.72. The molecule has 0 atom stereocenters. The predicted octanol–water partition coefficient (Wildman–Crippen LogP) is 4.95. The maximum Gasteiger partial charge on any atom is 0.263 e. The van der Waals surface area contributed by atoms with Gasteiger partial charge in [-0.1, -0.05) is 11.6 Å². The summed E-state index contributed by atoms with van der Waals surface area (Å²) in [5.74, 6) is 0.484. The van der Waals surface area contributed by atoms with Gasteiger partial charge in [0.25, 0.3) is 10.0 Å². The number of hydrogen-bond acceptors (Lipinski definition) is 6. The summed E-state index contributed by atoms with van der Waals surface area (Å²) in [4.78, 5) is 6.20. The molecule has 0 aliphatic carbocycles. The third-order valence-corrected chi connectivity index (χ3v) is 7.51. The fourth-order valence-electron chi connectivity index (χ4n) is 2.24. The summed E-state index contributed by atoms with van der Waals surface area (Å²) in [5.41, 5.74) is 1.30. The van der Waals surface area contributed by atoms with Gasteiger partial charge in [-0.3, -0.25) is 4.72 Å². The minimum Gasteiger partial charge on any atom is -0.495 e. The van der Waals surface area contributed by atoms with Crippen molar-refractivity contribution in [3.8, 4) is 15.6 Å². The lowest BCUT2D eigenvalue weighted by Gasteiger charge is -2.09. The normalized spacial score (nSPS) is 11.5. The summed E-state index contributed by atoms with van der Waals surface area (Å²) in [6, 6.07) is 6.40. The Bertz CT molecular complexity index is 1030. The molecule has 0 aliphatic rings. The number of benzene rings is 1. The van der Waals surface area contributed by atoms with Crippen molar-refractivity contribution in [2.24, 2.45) is 0 Å². The molecule has 1 aromatic carbocycles. The number of hydrogen-bond donors (Lipinski definition) is 1. The fourth-order valence-corrected chi connectivity index (χ4v) is 6.00. The van der Waals surface area contributed by atoms with Crippen molar-refractivity contribution in [1.29, 1.82) is 0 Å². The Hall–Kier alpha value is -1.61. The molecule has 25 heavy (non-hydrogen) atoms. The summed E-state index contributed by atoms with van der Waals surface area (Å²) in [6.07, 6.45) is 0. The average Bonchev–Trinajstić information content (AvgIpc) is 3.13. The fraction of sp³-hybridized carbons (Fsp3) is 0.188. The summed E-state index contributed by atoms with van der Waals surface area (Å²) in [7, 11) is -2.22. The topological polar surface area (TPSA) is 68.3 Å². The second-order valence-electron chi connectivity index (χ2n) is 5.28. The van der Waals surface area contributed by atoms with Crippen molar-refractivity contribution in [1.82, 2.24) is 4.98 Å². The summed E-state index contributed by atoms with van der Waals surface area (Å²) in [5, 5.41) is 3.10. The molecule has 0 amide bonds. The van der Waals surface area contributed by atoms with E-state index >= 15 is 0 Å². The van der Waals surface area contributed by atoms with Crippen molar-refractivity contribution < 1.29 is 13.2 Å². The van der Waals surface area contributed by atoms with E-state index in [1.54, 1.807) is 25.1 Å². The zero-order valence-electron chi connectivity index (χ0n) is 13.7. The van der Waals surface area contributed by atoms with Crippen molar-refractivity contribution in [2.45, 2.75) is 18.7 Å². The van der Waals surface area contributed by atoms with E-state index in [1.165, 1.54) is 35.8 Å². The summed E-state index contributed by atoms with van der Waals surface area (Å²) >= 11 is 8.97. The number of ether oxygens (including phenoxy) is 1. The van der Waals surface area contributed by atoms with E-state index in [-0.39, 0.29) is 4.90 Å². The van der Waals surface area contributed by atoms with Gasteiger partial charge in [0.05, 0.1) is 22.7 Å². The molecular weight excluding hydrogens is 400 g/mol. The highest BCUT2D eigenvalue weighted by Crippen LogP contribution is 2.36. The third-order valence-electron chi connectivity index (χ3n) is 3.40. The first-order chi connectivity index (χ1) is 11.8. The molecule has 1 N–H and O–H groups in total. The van der Waals surface area contributed by atoms with Crippen LogP contribution < -0.4 is 9.46 Å². The Morgan fingerprint density at radius 3 is 2.60 bits per heavy atom. The molecule has 0 fully saturated rings. The minimum absolute atomic E-state index is 0.243. The van der Waals surface area contributed by atoms with Crippen LogP contribution in [-0.2, 0) is 10.0 Å². The number of thiophene rings is 1. The monoisotopic (exact) mass is 414 g/mol. The summed E-state index contributed by atoms with van der Waals surface area (Å²) < 4.78 is 33.1. The van der Waals surface area contributed by atoms with Crippen LogP contribution >= 0.6 is 34.3 Å². The van der Waals surface area contributed by atoms with Crippen LogP contribution in [-0.4, -0.2) is 20.5 Å². The first-order valence-corrected chi connectivity index (χ1v) is 10.7. The molecule has 3 rings (SSSR count). The Labute approximate surface area is 159 Å². The van der Waals surface area contributed by atoms with E-state index in [4.69, 9.17) is 16.3 Å². The highest BCUT2D eigenvalue weighted by molar-refractivity contribution is 7.93. The molecule has 9 heteroatoms. The number of rotatable bonds is 5. The Kier molecular flexibility index (Phi) is 5.06. The number of anilines is 1. The van der Waals surface area contributed by atoms with Gasteiger partial charge in [0.2, 0.25) is 0 Å². The highest BCUT2D eigenvalue weighted by Gasteiger charge is 2.22. The third kappa shape index (κ3) is 3.82. The molecule has 0 saturated carbocycles. The lowest BCUT2D eigenvalue weighted by molar-refractivity contribution is 0.415. The van der Waals surface area contributed by atoms with Crippen LogP contribution in [0.3, 0.4) is 0 Å². The van der Waals surface area contributed by atoms with Gasteiger partial charge in [-0.15, -0.1) is 22.7 Å². The van der Waals surface area contributed by atoms with Crippen LogP contribution in [0, 0.1) is 13.8 Å². The standard InChI is InChI=1S/C16H15ClN2O3S3/c1-9-8-23-16(18-9)14-7-15(10(2)24-14)25(20,21)19-11-4-5-13(22-3)12(17)6-11/h4-8,19H,1-3H3. The lowest BCUT2D eigenvalue weighted by atomic mass is 10.3. The van der Waals surface area contributed by atoms with Crippen LogP contribution in [0.5, 0.6) is 5.75 Å². The number of aromatic nitrogens is 1. The van der Waals surface area contributed by atoms with Crippen LogP contribution in [0.2, 0.25) is 5.02 Å². The van der Waals surface area contributed by atoms with Gasteiger partial charge in [-0.25, -0.2) is 13.4 Å². The number of nitrogens with zero attached hydrogens (tertiary/aromatic N) is 1. The van der Waals surface area contributed by atoms with Crippen molar-refractivity contribution in [2.75, 3.05) is 11.8 Å². The number of nitrogens with one attached hydrogen (secondary N) is 1. The van der Waals surface area contributed by atoms with Gasteiger partial charge in [0, 0.05) is 16.0 Å². The van der Waals surface area contributed by atoms with Crippen molar-refractivity contribution in [3.05, 3.63) is 45.2 Å². The maximum absolute atomic E-state index is 12.7. The van der Waals surface area contributed by atoms with Crippen LogP contribution in [0.1, 0.15) is 10.6 Å². The van der Waals surface area contributed by atoms with Gasteiger partial charge in [-0.05, 0) is 38.1 Å². The van der Waals surface area contributed by atoms with E-state index in [1.807, 2.05) is 12.3 Å². The predicted molar refractivity (Wildman–Crippen MR) is 104 cm³/mol. The van der Waals surface area contributed by atoms with Crippen LogP contribution in [0.15, 0.2) is 34.5 Å².